The summed E-state index contributed by atoms with van der Waals surface area (Å²) in [5, 5.41) is 0. The lowest BCUT2D eigenvalue weighted by Gasteiger charge is -2.14. The first-order valence-electron chi connectivity index (χ1n) is 10.5. The number of rotatable bonds is 5. The smallest absolute Gasteiger partial charge is 0.269 e. The summed E-state index contributed by atoms with van der Waals surface area (Å²) in [5.41, 5.74) is 2.35. The highest BCUT2D eigenvalue weighted by atomic mass is 32.2. The average molecular weight is 486 g/mol. The molecule has 1 aliphatic heterocycles. The molecule has 0 N–H and O–H groups in total. The Hall–Kier alpha value is -3.75. The number of carbonyl (C=O) groups excluding carboxylic acids is 1. The van der Waals surface area contributed by atoms with Gasteiger partial charge in [0, 0.05) is 6.20 Å². The minimum Gasteiger partial charge on any atom is -0.438 e. The number of fused-ring (bicyclic) bond motifs is 1. The van der Waals surface area contributed by atoms with E-state index in [-0.39, 0.29) is 22.9 Å². The fourth-order valence-electron chi connectivity index (χ4n) is 3.54. The van der Waals surface area contributed by atoms with Crippen LogP contribution < -0.4 is 10.3 Å². The molecule has 1 aliphatic rings. The van der Waals surface area contributed by atoms with Gasteiger partial charge in [0.2, 0.25) is 5.88 Å². The van der Waals surface area contributed by atoms with Crippen LogP contribution in [0.2, 0.25) is 0 Å². The predicted molar refractivity (Wildman–Crippen MR) is 138 cm³/mol. The van der Waals surface area contributed by atoms with Crippen LogP contribution in [0.1, 0.15) is 16.7 Å². The van der Waals surface area contributed by atoms with Crippen LogP contribution in [-0.4, -0.2) is 24.5 Å². The van der Waals surface area contributed by atoms with Gasteiger partial charge in [0.15, 0.2) is 0 Å². The third kappa shape index (κ3) is 4.37. The van der Waals surface area contributed by atoms with Crippen molar-refractivity contribution in [2.75, 3.05) is 0 Å². The zero-order valence-corrected chi connectivity index (χ0v) is 19.8. The summed E-state index contributed by atoms with van der Waals surface area (Å²) < 4.78 is 7.88. The molecule has 0 atom stereocenters. The van der Waals surface area contributed by atoms with Gasteiger partial charge in [-0.2, -0.15) is 4.98 Å². The van der Waals surface area contributed by atoms with E-state index in [4.69, 9.17) is 17.0 Å². The molecule has 0 radical (unpaired) electrons. The monoisotopic (exact) mass is 485 g/mol. The molecule has 6 nitrogen and oxygen atoms in total. The van der Waals surface area contributed by atoms with E-state index in [0.29, 0.717) is 27.2 Å². The molecule has 2 aromatic carbocycles. The quantitative estimate of drug-likeness (QED) is 0.286. The minimum absolute atomic E-state index is 0.133. The van der Waals surface area contributed by atoms with Gasteiger partial charge in [0.25, 0.3) is 11.5 Å². The Bertz CT molecular complexity index is 1500. The molecule has 2 aromatic heterocycles. The molecule has 168 valence electrons. The molecule has 0 spiro atoms. The van der Waals surface area contributed by atoms with Crippen LogP contribution in [0.3, 0.4) is 0 Å². The average Bonchev–Trinajstić information content (AvgIpc) is 3.11. The van der Waals surface area contributed by atoms with E-state index in [1.807, 2.05) is 61.5 Å². The summed E-state index contributed by atoms with van der Waals surface area (Å²) in [7, 11) is 0. The standard InChI is InChI=1S/C26H19N3O3S2/c1-17-10-12-19(13-11-17)32-23-20(24(30)28-14-6-5-9-22(28)27-23)15-21-25(31)29(26(33)34-21)16-18-7-3-2-4-8-18/h2-15H,16H2,1H3/b21-15+. The first kappa shape index (κ1) is 22.1. The van der Waals surface area contributed by atoms with E-state index < -0.39 is 0 Å². The zero-order valence-electron chi connectivity index (χ0n) is 18.2. The SMILES string of the molecule is Cc1ccc(Oc2nc3ccccn3c(=O)c2/C=C2/SC(=S)N(Cc3ccccc3)C2=O)cc1. The van der Waals surface area contributed by atoms with E-state index in [2.05, 4.69) is 4.98 Å². The number of aryl methyl sites for hydroxylation is 1. The van der Waals surface area contributed by atoms with E-state index >= 15 is 0 Å². The van der Waals surface area contributed by atoms with Crippen molar-refractivity contribution in [2.45, 2.75) is 13.5 Å². The number of carbonyl (C=O) groups is 1. The molecule has 1 fully saturated rings. The van der Waals surface area contributed by atoms with Crippen molar-refractivity contribution in [3.05, 3.63) is 111 Å². The largest absolute Gasteiger partial charge is 0.438 e. The molecule has 3 heterocycles. The lowest BCUT2D eigenvalue weighted by Crippen LogP contribution is -2.27. The topological polar surface area (TPSA) is 63.9 Å². The molecule has 1 amide bonds. The Kier molecular flexibility index (Phi) is 6.00. The number of benzene rings is 2. The molecule has 34 heavy (non-hydrogen) atoms. The second-order valence-electron chi connectivity index (χ2n) is 7.73. The van der Waals surface area contributed by atoms with Crippen molar-refractivity contribution in [1.29, 1.82) is 0 Å². The summed E-state index contributed by atoms with van der Waals surface area (Å²) in [6.07, 6.45) is 3.17. The van der Waals surface area contributed by atoms with E-state index in [9.17, 15) is 9.59 Å². The van der Waals surface area contributed by atoms with Crippen LogP contribution in [0.25, 0.3) is 11.7 Å². The van der Waals surface area contributed by atoms with Crippen molar-refractivity contribution < 1.29 is 9.53 Å². The summed E-state index contributed by atoms with van der Waals surface area (Å²) in [6, 6.07) is 22.4. The lowest BCUT2D eigenvalue weighted by molar-refractivity contribution is -0.122. The number of aromatic nitrogens is 2. The van der Waals surface area contributed by atoms with Crippen molar-refractivity contribution in [3.8, 4) is 11.6 Å². The fraction of sp³-hybridized carbons (Fsp3) is 0.0769. The highest BCUT2D eigenvalue weighted by Gasteiger charge is 2.32. The Balaban J connectivity index is 1.56. The van der Waals surface area contributed by atoms with Crippen molar-refractivity contribution >= 4 is 45.9 Å². The number of thiocarbonyl (C=S) groups is 1. The highest BCUT2D eigenvalue weighted by Crippen LogP contribution is 2.35. The maximum absolute atomic E-state index is 13.4. The number of hydrogen-bond acceptors (Lipinski definition) is 6. The van der Waals surface area contributed by atoms with Gasteiger partial charge < -0.3 is 4.74 Å². The van der Waals surface area contributed by atoms with Gasteiger partial charge in [-0.25, -0.2) is 0 Å². The number of nitrogens with zero attached hydrogens (tertiary/aromatic N) is 3. The fourth-order valence-corrected chi connectivity index (χ4v) is 4.77. The molecule has 0 saturated carbocycles. The summed E-state index contributed by atoms with van der Waals surface area (Å²) in [5.74, 6) is 0.426. The van der Waals surface area contributed by atoms with Gasteiger partial charge in [-0.05, 0) is 42.8 Å². The molecule has 0 unspecified atom stereocenters. The molecule has 4 aromatic rings. The van der Waals surface area contributed by atoms with Gasteiger partial charge in [-0.1, -0.05) is 78.1 Å². The summed E-state index contributed by atoms with van der Waals surface area (Å²) >= 11 is 6.63. The van der Waals surface area contributed by atoms with E-state index in [1.165, 1.54) is 15.4 Å². The van der Waals surface area contributed by atoms with Gasteiger partial charge in [0.1, 0.15) is 21.3 Å². The molecular formula is C26H19N3O3S2. The molecule has 5 rings (SSSR count). The van der Waals surface area contributed by atoms with Crippen LogP contribution in [0.4, 0.5) is 0 Å². The van der Waals surface area contributed by atoms with Crippen LogP contribution in [0.15, 0.2) is 88.7 Å². The third-order valence-electron chi connectivity index (χ3n) is 5.30. The highest BCUT2D eigenvalue weighted by molar-refractivity contribution is 8.26. The number of hydrogen-bond donors (Lipinski definition) is 0. The van der Waals surface area contributed by atoms with Crippen molar-refractivity contribution in [3.63, 3.8) is 0 Å². The first-order valence-corrected chi connectivity index (χ1v) is 11.8. The van der Waals surface area contributed by atoms with Crippen LogP contribution in [0, 0.1) is 6.92 Å². The Labute approximate surface area is 205 Å². The van der Waals surface area contributed by atoms with Gasteiger partial charge in [-0.15, -0.1) is 0 Å². The van der Waals surface area contributed by atoms with Crippen molar-refractivity contribution in [2.24, 2.45) is 0 Å². The van der Waals surface area contributed by atoms with Gasteiger partial charge >= 0.3 is 0 Å². The van der Waals surface area contributed by atoms with Crippen LogP contribution in [0.5, 0.6) is 11.6 Å². The molecule has 1 saturated heterocycles. The van der Waals surface area contributed by atoms with Gasteiger partial charge in [-0.3, -0.25) is 18.9 Å². The summed E-state index contributed by atoms with van der Waals surface area (Å²) in [6.45, 7) is 2.35. The molecule has 0 bridgehead atoms. The Morgan fingerprint density at radius 1 is 1.00 bits per heavy atom. The zero-order chi connectivity index (χ0) is 23.7. The van der Waals surface area contributed by atoms with E-state index in [0.717, 1.165) is 22.9 Å². The molecular weight excluding hydrogens is 466 g/mol. The summed E-state index contributed by atoms with van der Waals surface area (Å²) in [4.78, 5) is 33.0. The normalized spacial score (nSPS) is 14.9. The van der Waals surface area contributed by atoms with Crippen molar-refractivity contribution in [1.82, 2.24) is 14.3 Å². The van der Waals surface area contributed by atoms with Gasteiger partial charge in [0.05, 0.1) is 11.4 Å². The minimum atomic E-state index is -0.332. The maximum atomic E-state index is 13.4. The van der Waals surface area contributed by atoms with E-state index in [1.54, 1.807) is 24.4 Å². The number of pyridine rings is 1. The third-order valence-corrected chi connectivity index (χ3v) is 6.68. The number of thioether (sulfide) groups is 1. The molecule has 0 aliphatic carbocycles. The lowest BCUT2D eigenvalue weighted by atomic mass is 10.2. The predicted octanol–water partition coefficient (Wildman–Crippen LogP) is 5.20. The first-order chi connectivity index (χ1) is 16.5. The number of ether oxygens (including phenoxy) is 1. The molecule has 8 heteroatoms. The van der Waals surface area contributed by atoms with Crippen LogP contribution >= 0.6 is 24.0 Å². The second kappa shape index (κ2) is 9.24. The Morgan fingerprint density at radius 3 is 2.50 bits per heavy atom. The van der Waals surface area contributed by atoms with Crippen LogP contribution in [-0.2, 0) is 11.3 Å². The number of amides is 1. The Morgan fingerprint density at radius 2 is 1.74 bits per heavy atom. The maximum Gasteiger partial charge on any atom is 0.269 e. The second-order valence-corrected chi connectivity index (χ2v) is 9.41.